The van der Waals surface area contributed by atoms with Crippen molar-refractivity contribution in [2.75, 3.05) is 32.6 Å². The number of hydrogen-bond donors (Lipinski definition) is 1. The number of hydrogen-bond acceptors (Lipinski definition) is 6. The summed E-state index contributed by atoms with van der Waals surface area (Å²) in [7, 11) is 3.22. The van der Waals surface area contributed by atoms with Crippen molar-refractivity contribution in [1.29, 1.82) is 0 Å². The van der Waals surface area contributed by atoms with Gasteiger partial charge in [0.25, 0.3) is 0 Å². The monoisotopic (exact) mass is 390 g/mol. The van der Waals surface area contributed by atoms with Crippen LogP contribution in [-0.4, -0.2) is 44.1 Å². The van der Waals surface area contributed by atoms with Gasteiger partial charge in [0.1, 0.15) is 10.8 Å². The number of carbonyl (C=O) groups excluding carboxylic acids is 2. The molecule has 0 aliphatic heterocycles. The predicted molar refractivity (Wildman–Crippen MR) is 108 cm³/mol. The maximum Gasteiger partial charge on any atom is 0.341 e. The highest BCUT2D eigenvalue weighted by molar-refractivity contribution is 7.16. The van der Waals surface area contributed by atoms with Gasteiger partial charge in [-0.3, -0.25) is 9.69 Å². The summed E-state index contributed by atoms with van der Waals surface area (Å²) in [6, 6.07) is 7.82. The predicted octanol–water partition coefficient (Wildman–Crippen LogP) is 3.62. The van der Waals surface area contributed by atoms with Crippen LogP contribution < -0.4 is 10.1 Å². The zero-order valence-electron chi connectivity index (χ0n) is 16.4. The molecule has 0 aliphatic rings. The van der Waals surface area contributed by atoms with E-state index >= 15 is 0 Å². The SMILES string of the molecule is CCOc1ccc(CN(C)CC(=O)Nc2sc(C)c(C)c2C(=O)OC)cc1. The first-order chi connectivity index (χ1) is 12.8. The Labute approximate surface area is 164 Å². The number of rotatable bonds is 8. The number of benzene rings is 1. The lowest BCUT2D eigenvalue weighted by Crippen LogP contribution is -2.30. The smallest absolute Gasteiger partial charge is 0.341 e. The fraction of sp³-hybridized carbons (Fsp3) is 0.400. The van der Waals surface area contributed by atoms with Crippen LogP contribution >= 0.6 is 11.3 Å². The largest absolute Gasteiger partial charge is 0.494 e. The molecule has 0 fully saturated rings. The van der Waals surface area contributed by atoms with Crippen molar-refractivity contribution < 1.29 is 19.1 Å². The number of esters is 1. The zero-order valence-corrected chi connectivity index (χ0v) is 17.2. The summed E-state index contributed by atoms with van der Waals surface area (Å²) in [4.78, 5) is 27.3. The van der Waals surface area contributed by atoms with E-state index in [2.05, 4.69) is 5.32 Å². The molecule has 0 aliphatic carbocycles. The molecule has 2 aromatic rings. The molecule has 0 unspecified atom stereocenters. The van der Waals surface area contributed by atoms with E-state index in [1.54, 1.807) is 0 Å². The van der Waals surface area contributed by atoms with E-state index in [0.717, 1.165) is 21.8 Å². The maximum absolute atomic E-state index is 12.4. The van der Waals surface area contributed by atoms with Crippen molar-refractivity contribution in [3.05, 3.63) is 45.8 Å². The maximum atomic E-state index is 12.4. The van der Waals surface area contributed by atoms with Gasteiger partial charge in [-0.25, -0.2) is 4.79 Å². The van der Waals surface area contributed by atoms with Gasteiger partial charge in [-0.1, -0.05) is 12.1 Å². The first-order valence-electron chi connectivity index (χ1n) is 8.74. The summed E-state index contributed by atoms with van der Waals surface area (Å²) in [5.41, 5.74) is 2.36. The Morgan fingerprint density at radius 3 is 2.44 bits per heavy atom. The van der Waals surface area contributed by atoms with Gasteiger partial charge >= 0.3 is 5.97 Å². The Bertz CT molecular complexity index is 799. The average Bonchev–Trinajstić information content (AvgIpc) is 2.89. The van der Waals surface area contributed by atoms with E-state index in [-0.39, 0.29) is 12.5 Å². The van der Waals surface area contributed by atoms with Gasteiger partial charge < -0.3 is 14.8 Å². The molecular weight excluding hydrogens is 364 g/mol. The van der Waals surface area contributed by atoms with Gasteiger partial charge in [0.2, 0.25) is 5.91 Å². The quantitative estimate of drug-likeness (QED) is 0.697. The number of likely N-dealkylation sites (N-methyl/N-ethyl adjacent to an activating group) is 1. The van der Waals surface area contributed by atoms with E-state index < -0.39 is 5.97 Å². The van der Waals surface area contributed by atoms with E-state index in [1.807, 2.05) is 57.0 Å². The second kappa shape index (κ2) is 9.53. The van der Waals surface area contributed by atoms with Crippen molar-refractivity contribution in [3.8, 4) is 5.75 Å². The molecule has 6 nitrogen and oxygen atoms in total. The number of ether oxygens (including phenoxy) is 2. The van der Waals surface area contributed by atoms with Gasteiger partial charge in [0.05, 0.1) is 25.8 Å². The van der Waals surface area contributed by atoms with Gasteiger partial charge in [-0.15, -0.1) is 11.3 Å². The molecule has 0 saturated carbocycles. The van der Waals surface area contributed by atoms with Crippen LogP contribution in [0.5, 0.6) is 5.75 Å². The second-order valence-corrected chi connectivity index (χ2v) is 7.50. The minimum Gasteiger partial charge on any atom is -0.494 e. The first-order valence-corrected chi connectivity index (χ1v) is 9.55. The molecule has 7 heteroatoms. The number of methoxy groups -OCH3 is 1. The van der Waals surface area contributed by atoms with Crippen molar-refractivity contribution in [3.63, 3.8) is 0 Å². The molecule has 2 rings (SSSR count). The van der Waals surface area contributed by atoms with Crippen molar-refractivity contribution >= 4 is 28.2 Å². The number of thiophene rings is 1. The van der Waals surface area contributed by atoms with Crippen LogP contribution in [0.2, 0.25) is 0 Å². The van der Waals surface area contributed by atoms with Crippen LogP contribution in [0.25, 0.3) is 0 Å². The fourth-order valence-electron chi connectivity index (χ4n) is 2.70. The Morgan fingerprint density at radius 2 is 1.85 bits per heavy atom. The van der Waals surface area contributed by atoms with Gasteiger partial charge in [0, 0.05) is 11.4 Å². The molecule has 0 bridgehead atoms. The van der Waals surface area contributed by atoms with E-state index in [1.165, 1.54) is 18.4 Å². The normalized spacial score (nSPS) is 10.7. The van der Waals surface area contributed by atoms with E-state index in [0.29, 0.717) is 23.7 Å². The van der Waals surface area contributed by atoms with Crippen LogP contribution in [0.4, 0.5) is 5.00 Å². The van der Waals surface area contributed by atoms with E-state index in [9.17, 15) is 9.59 Å². The van der Waals surface area contributed by atoms with Crippen molar-refractivity contribution in [2.45, 2.75) is 27.3 Å². The fourth-order valence-corrected chi connectivity index (χ4v) is 3.76. The molecule has 0 spiro atoms. The minimum atomic E-state index is -0.435. The summed E-state index contributed by atoms with van der Waals surface area (Å²) >= 11 is 1.39. The zero-order chi connectivity index (χ0) is 20.0. The lowest BCUT2D eigenvalue weighted by molar-refractivity contribution is -0.117. The first kappa shape index (κ1) is 20.9. The number of nitrogens with zero attached hydrogens (tertiary/aromatic N) is 1. The third kappa shape index (κ3) is 5.55. The van der Waals surface area contributed by atoms with Crippen LogP contribution in [0.3, 0.4) is 0 Å². The highest BCUT2D eigenvalue weighted by Crippen LogP contribution is 2.32. The van der Waals surface area contributed by atoms with Gasteiger partial charge in [0.15, 0.2) is 0 Å². The number of nitrogens with one attached hydrogen (secondary N) is 1. The van der Waals surface area contributed by atoms with Crippen LogP contribution in [0.1, 0.15) is 33.3 Å². The van der Waals surface area contributed by atoms with Crippen LogP contribution in [-0.2, 0) is 16.1 Å². The molecule has 0 atom stereocenters. The van der Waals surface area contributed by atoms with Crippen molar-refractivity contribution in [2.24, 2.45) is 0 Å². The molecule has 1 aromatic carbocycles. The standard InChI is InChI=1S/C20H26N2O4S/c1-6-26-16-9-7-15(8-10-16)11-22(4)12-17(23)21-19-18(20(24)25-5)13(2)14(3)27-19/h7-10H,6,11-12H2,1-5H3,(H,21,23). The Hall–Kier alpha value is -2.38. The minimum absolute atomic E-state index is 0.171. The molecule has 146 valence electrons. The topological polar surface area (TPSA) is 67.9 Å². The molecular formula is C20H26N2O4S. The summed E-state index contributed by atoms with van der Waals surface area (Å²) in [6.07, 6.45) is 0. The van der Waals surface area contributed by atoms with Crippen molar-refractivity contribution in [1.82, 2.24) is 4.90 Å². The van der Waals surface area contributed by atoms with E-state index in [4.69, 9.17) is 9.47 Å². The molecule has 1 N–H and O–H groups in total. The van der Waals surface area contributed by atoms with Gasteiger partial charge in [-0.2, -0.15) is 0 Å². The molecule has 0 saturated heterocycles. The Morgan fingerprint density at radius 1 is 1.19 bits per heavy atom. The molecule has 1 aromatic heterocycles. The summed E-state index contributed by atoms with van der Waals surface area (Å²) in [6.45, 7) is 7.19. The number of anilines is 1. The summed E-state index contributed by atoms with van der Waals surface area (Å²) < 4.78 is 10.3. The Kier molecular flexibility index (Phi) is 7.38. The summed E-state index contributed by atoms with van der Waals surface area (Å²) in [5.74, 6) is 0.227. The van der Waals surface area contributed by atoms with Crippen LogP contribution in [0, 0.1) is 13.8 Å². The summed E-state index contributed by atoms with van der Waals surface area (Å²) in [5, 5.41) is 3.39. The molecule has 1 amide bonds. The highest BCUT2D eigenvalue weighted by atomic mass is 32.1. The number of amides is 1. The van der Waals surface area contributed by atoms with Gasteiger partial charge in [-0.05, 0) is 51.1 Å². The second-order valence-electron chi connectivity index (χ2n) is 6.28. The average molecular weight is 391 g/mol. The highest BCUT2D eigenvalue weighted by Gasteiger charge is 2.21. The molecule has 27 heavy (non-hydrogen) atoms. The lowest BCUT2D eigenvalue weighted by atomic mass is 10.1. The number of carbonyl (C=O) groups is 2. The third-order valence-corrected chi connectivity index (χ3v) is 5.25. The molecule has 1 heterocycles. The van der Waals surface area contributed by atoms with Crippen LogP contribution in [0.15, 0.2) is 24.3 Å². The Balaban J connectivity index is 1.97. The third-order valence-electron chi connectivity index (χ3n) is 4.13. The molecule has 0 radical (unpaired) electrons. The number of aryl methyl sites for hydroxylation is 1. The lowest BCUT2D eigenvalue weighted by Gasteiger charge is -2.16.